The van der Waals surface area contributed by atoms with Gasteiger partial charge in [-0.1, -0.05) is 32.4 Å². The molecule has 0 aliphatic heterocycles. The molecule has 0 amide bonds. The van der Waals surface area contributed by atoms with Crippen LogP contribution >= 0.6 is 24.0 Å². The van der Waals surface area contributed by atoms with Gasteiger partial charge < -0.3 is 15.2 Å². The highest BCUT2D eigenvalue weighted by molar-refractivity contribution is 6.30. The molecule has 0 bridgehead atoms. The molecule has 0 aliphatic rings. The quantitative estimate of drug-likeness (QED) is 0.789. The van der Waals surface area contributed by atoms with Gasteiger partial charge in [0.05, 0.1) is 6.10 Å². The van der Waals surface area contributed by atoms with E-state index in [2.05, 4.69) is 26.1 Å². The molecule has 0 fully saturated rings. The number of ether oxygens (including phenoxy) is 1. The van der Waals surface area contributed by atoms with Crippen molar-refractivity contribution in [1.29, 1.82) is 0 Å². The molecular weight excluding hydrogens is 297 g/mol. The Morgan fingerprint density at radius 3 is 2.55 bits per heavy atom. The highest BCUT2D eigenvalue weighted by atomic mass is 35.5. The Kier molecular flexibility index (Phi) is 8.52. The minimum Gasteiger partial charge on any atom is -0.492 e. The van der Waals surface area contributed by atoms with E-state index >= 15 is 0 Å². The van der Waals surface area contributed by atoms with Crippen molar-refractivity contribution < 1.29 is 9.84 Å². The molecule has 2 N–H and O–H groups in total. The highest BCUT2D eigenvalue weighted by Crippen LogP contribution is 2.33. The SMILES string of the molecule is CC(O)CNCCOc1ccc(Cl)cc1C(C)(C)C.Cl. The summed E-state index contributed by atoms with van der Waals surface area (Å²) in [6.45, 7) is 10.0. The normalized spacial score (nSPS) is 12.7. The van der Waals surface area contributed by atoms with Crippen molar-refractivity contribution in [3.05, 3.63) is 28.8 Å². The number of hydrogen-bond donors (Lipinski definition) is 2. The standard InChI is InChI=1S/C15H24ClNO2.ClH/c1-11(18)10-17-7-8-19-14-6-5-12(16)9-13(14)15(2,3)4;/h5-6,9,11,17-18H,7-8,10H2,1-4H3;1H. The number of benzene rings is 1. The first kappa shape index (κ1) is 19.5. The fourth-order valence-corrected chi connectivity index (χ4v) is 1.93. The lowest BCUT2D eigenvalue weighted by Gasteiger charge is -2.23. The van der Waals surface area contributed by atoms with E-state index in [1.54, 1.807) is 6.92 Å². The van der Waals surface area contributed by atoms with Crippen molar-refractivity contribution in [2.45, 2.75) is 39.2 Å². The third kappa shape index (κ3) is 6.80. The van der Waals surface area contributed by atoms with Crippen molar-refractivity contribution in [2.24, 2.45) is 0 Å². The summed E-state index contributed by atoms with van der Waals surface area (Å²) in [5, 5.41) is 13.0. The van der Waals surface area contributed by atoms with Crippen molar-refractivity contribution >= 4 is 24.0 Å². The number of aliphatic hydroxyl groups excluding tert-OH is 1. The Morgan fingerprint density at radius 1 is 1.35 bits per heavy atom. The second-order valence-electron chi connectivity index (χ2n) is 5.79. The van der Waals surface area contributed by atoms with E-state index in [9.17, 15) is 0 Å². The number of nitrogens with one attached hydrogen (secondary N) is 1. The molecular formula is C15H25Cl2NO2. The van der Waals surface area contributed by atoms with E-state index in [1.807, 2.05) is 18.2 Å². The summed E-state index contributed by atoms with van der Waals surface area (Å²) in [6, 6.07) is 5.72. The van der Waals surface area contributed by atoms with Crippen molar-refractivity contribution in [1.82, 2.24) is 5.32 Å². The number of halogens is 2. The van der Waals surface area contributed by atoms with E-state index in [0.717, 1.165) is 16.3 Å². The van der Waals surface area contributed by atoms with E-state index in [1.165, 1.54) is 0 Å². The van der Waals surface area contributed by atoms with Gasteiger partial charge in [0.2, 0.25) is 0 Å². The number of aliphatic hydroxyl groups is 1. The lowest BCUT2D eigenvalue weighted by Crippen LogP contribution is -2.28. The predicted molar refractivity (Wildman–Crippen MR) is 87.4 cm³/mol. The summed E-state index contributed by atoms with van der Waals surface area (Å²) in [6.07, 6.45) is -0.333. The smallest absolute Gasteiger partial charge is 0.123 e. The molecule has 1 aromatic rings. The molecule has 1 rings (SSSR count). The molecule has 1 unspecified atom stereocenters. The Labute approximate surface area is 133 Å². The molecule has 0 aliphatic carbocycles. The molecule has 0 heterocycles. The van der Waals surface area contributed by atoms with E-state index in [-0.39, 0.29) is 23.9 Å². The lowest BCUT2D eigenvalue weighted by molar-refractivity contribution is 0.188. The van der Waals surface area contributed by atoms with E-state index < -0.39 is 0 Å². The summed E-state index contributed by atoms with van der Waals surface area (Å²) >= 11 is 6.05. The van der Waals surface area contributed by atoms with Crippen LogP contribution in [0.4, 0.5) is 0 Å². The van der Waals surface area contributed by atoms with Crippen LogP contribution in [0.25, 0.3) is 0 Å². The van der Waals surface area contributed by atoms with Crippen LogP contribution in [0.5, 0.6) is 5.75 Å². The maximum atomic E-state index is 9.13. The molecule has 0 aromatic heterocycles. The van der Waals surface area contributed by atoms with E-state index in [0.29, 0.717) is 19.7 Å². The van der Waals surface area contributed by atoms with Gasteiger partial charge in [0.25, 0.3) is 0 Å². The van der Waals surface area contributed by atoms with Gasteiger partial charge in [-0.15, -0.1) is 12.4 Å². The van der Waals surface area contributed by atoms with Gasteiger partial charge in [0.1, 0.15) is 12.4 Å². The predicted octanol–water partition coefficient (Wildman–Crippen LogP) is 3.41. The van der Waals surface area contributed by atoms with Crippen LogP contribution in [0.3, 0.4) is 0 Å². The zero-order valence-corrected chi connectivity index (χ0v) is 14.1. The largest absolute Gasteiger partial charge is 0.492 e. The van der Waals surface area contributed by atoms with Gasteiger partial charge in [0, 0.05) is 23.7 Å². The second-order valence-corrected chi connectivity index (χ2v) is 6.23. The third-order valence-electron chi connectivity index (χ3n) is 2.73. The molecule has 0 saturated heterocycles. The third-order valence-corrected chi connectivity index (χ3v) is 2.96. The van der Waals surface area contributed by atoms with Gasteiger partial charge in [-0.05, 0) is 30.5 Å². The molecule has 1 aromatic carbocycles. The van der Waals surface area contributed by atoms with Crippen LogP contribution in [0.1, 0.15) is 33.3 Å². The topological polar surface area (TPSA) is 41.5 Å². The monoisotopic (exact) mass is 321 g/mol. The van der Waals surface area contributed by atoms with Crippen LogP contribution in [-0.4, -0.2) is 30.9 Å². The van der Waals surface area contributed by atoms with Crippen LogP contribution in [-0.2, 0) is 5.41 Å². The maximum Gasteiger partial charge on any atom is 0.123 e. The van der Waals surface area contributed by atoms with Crippen LogP contribution < -0.4 is 10.1 Å². The molecule has 5 heteroatoms. The minimum atomic E-state index is -0.333. The van der Waals surface area contributed by atoms with Gasteiger partial charge in [-0.3, -0.25) is 0 Å². The zero-order chi connectivity index (χ0) is 14.5. The molecule has 0 spiro atoms. The lowest BCUT2D eigenvalue weighted by atomic mass is 9.86. The first-order valence-corrected chi connectivity index (χ1v) is 7.00. The Balaban J connectivity index is 0.00000361. The first-order chi connectivity index (χ1) is 8.80. The van der Waals surface area contributed by atoms with Gasteiger partial charge >= 0.3 is 0 Å². The van der Waals surface area contributed by atoms with Gasteiger partial charge in [-0.25, -0.2) is 0 Å². The van der Waals surface area contributed by atoms with E-state index in [4.69, 9.17) is 21.4 Å². The summed E-state index contributed by atoms with van der Waals surface area (Å²) in [4.78, 5) is 0. The Bertz CT molecular complexity index is 403. The Hall–Kier alpha value is -0.480. The maximum absolute atomic E-state index is 9.13. The zero-order valence-electron chi connectivity index (χ0n) is 12.6. The number of rotatable bonds is 6. The van der Waals surface area contributed by atoms with Crippen molar-refractivity contribution in [2.75, 3.05) is 19.7 Å². The summed E-state index contributed by atoms with van der Waals surface area (Å²) in [7, 11) is 0. The highest BCUT2D eigenvalue weighted by Gasteiger charge is 2.19. The summed E-state index contributed by atoms with van der Waals surface area (Å²) < 4.78 is 5.80. The molecule has 0 saturated carbocycles. The molecule has 0 radical (unpaired) electrons. The minimum absolute atomic E-state index is 0. The Morgan fingerprint density at radius 2 is 2.00 bits per heavy atom. The first-order valence-electron chi connectivity index (χ1n) is 6.62. The van der Waals surface area contributed by atoms with Crippen LogP contribution in [0, 0.1) is 0 Å². The molecule has 3 nitrogen and oxygen atoms in total. The van der Waals surface area contributed by atoms with Gasteiger partial charge in [-0.2, -0.15) is 0 Å². The average Bonchev–Trinajstić information content (AvgIpc) is 2.28. The van der Waals surface area contributed by atoms with Gasteiger partial charge in [0.15, 0.2) is 0 Å². The summed E-state index contributed by atoms with van der Waals surface area (Å²) in [5.74, 6) is 0.871. The number of hydrogen-bond acceptors (Lipinski definition) is 3. The fourth-order valence-electron chi connectivity index (χ4n) is 1.76. The summed E-state index contributed by atoms with van der Waals surface area (Å²) in [5.41, 5.74) is 1.10. The van der Waals surface area contributed by atoms with Crippen molar-refractivity contribution in [3.8, 4) is 5.75 Å². The molecule has 1 atom stereocenters. The van der Waals surface area contributed by atoms with Crippen LogP contribution in [0.2, 0.25) is 5.02 Å². The average molecular weight is 322 g/mol. The molecule has 116 valence electrons. The fraction of sp³-hybridized carbons (Fsp3) is 0.600. The van der Waals surface area contributed by atoms with Crippen LogP contribution in [0.15, 0.2) is 18.2 Å². The van der Waals surface area contributed by atoms with Crippen molar-refractivity contribution in [3.63, 3.8) is 0 Å². The molecule has 20 heavy (non-hydrogen) atoms. The second kappa shape index (κ2) is 8.73.